The van der Waals surface area contributed by atoms with Crippen molar-refractivity contribution in [2.45, 2.75) is 13.5 Å². The average molecular weight is 287 g/mol. The van der Waals surface area contributed by atoms with Crippen molar-refractivity contribution in [3.8, 4) is 17.6 Å². The van der Waals surface area contributed by atoms with Crippen LogP contribution in [0, 0.1) is 18.3 Å². The summed E-state index contributed by atoms with van der Waals surface area (Å²) in [5, 5.41) is 17.8. The number of carbonyl (C=O) groups is 1. The molecule has 0 radical (unpaired) electrons. The van der Waals surface area contributed by atoms with Gasteiger partial charge in [0, 0.05) is 11.6 Å². The van der Waals surface area contributed by atoms with E-state index in [1.54, 1.807) is 25.1 Å². The van der Waals surface area contributed by atoms with E-state index in [1.807, 2.05) is 6.07 Å². The molecule has 0 aliphatic rings. The molecule has 0 saturated heterocycles. The van der Waals surface area contributed by atoms with Crippen molar-refractivity contribution in [2.75, 3.05) is 7.11 Å². The van der Waals surface area contributed by atoms with Crippen LogP contribution >= 0.6 is 0 Å². The van der Waals surface area contributed by atoms with E-state index in [4.69, 9.17) is 24.3 Å². The van der Waals surface area contributed by atoms with Gasteiger partial charge in [0.1, 0.15) is 23.9 Å². The molecular formula is C15H13NO5. The van der Waals surface area contributed by atoms with Crippen LogP contribution in [0.4, 0.5) is 0 Å². The van der Waals surface area contributed by atoms with E-state index in [0.29, 0.717) is 28.4 Å². The normalized spacial score (nSPS) is 9.95. The van der Waals surface area contributed by atoms with Gasteiger partial charge in [-0.15, -0.1) is 0 Å². The SMILES string of the molecule is COc1cc(C#N)cc(OCc2cc(C(=O)O)oc2C)c1. The molecule has 1 aromatic heterocycles. The van der Waals surface area contributed by atoms with Gasteiger partial charge in [0.05, 0.1) is 18.7 Å². The van der Waals surface area contributed by atoms with Crippen LogP contribution in [0.5, 0.6) is 11.5 Å². The summed E-state index contributed by atoms with van der Waals surface area (Å²) in [4.78, 5) is 10.8. The quantitative estimate of drug-likeness (QED) is 0.908. The zero-order valence-electron chi connectivity index (χ0n) is 11.5. The molecule has 1 heterocycles. The highest BCUT2D eigenvalue weighted by Gasteiger charge is 2.13. The first-order chi connectivity index (χ1) is 10.0. The summed E-state index contributed by atoms with van der Waals surface area (Å²) < 4.78 is 15.7. The van der Waals surface area contributed by atoms with Crippen molar-refractivity contribution in [1.82, 2.24) is 0 Å². The molecule has 6 nitrogen and oxygen atoms in total. The Morgan fingerprint density at radius 1 is 1.33 bits per heavy atom. The van der Waals surface area contributed by atoms with Gasteiger partial charge in [-0.3, -0.25) is 0 Å². The molecule has 1 N–H and O–H groups in total. The lowest BCUT2D eigenvalue weighted by Crippen LogP contribution is -1.97. The third-order valence-corrected chi connectivity index (χ3v) is 2.87. The van der Waals surface area contributed by atoms with Crippen LogP contribution in [0.25, 0.3) is 0 Å². The molecule has 2 aromatic rings. The minimum Gasteiger partial charge on any atom is -0.497 e. The van der Waals surface area contributed by atoms with Crippen LogP contribution in [-0.2, 0) is 6.61 Å². The largest absolute Gasteiger partial charge is 0.497 e. The third-order valence-electron chi connectivity index (χ3n) is 2.87. The van der Waals surface area contributed by atoms with E-state index in [0.717, 1.165) is 0 Å². The molecule has 21 heavy (non-hydrogen) atoms. The maximum absolute atomic E-state index is 10.8. The molecule has 0 aliphatic heterocycles. The van der Waals surface area contributed by atoms with Crippen LogP contribution < -0.4 is 9.47 Å². The maximum atomic E-state index is 10.8. The third kappa shape index (κ3) is 3.34. The smallest absolute Gasteiger partial charge is 0.371 e. The summed E-state index contributed by atoms with van der Waals surface area (Å²) in [5.74, 6) is 0.199. The number of carboxylic acid groups (broad SMARTS) is 1. The fraction of sp³-hybridized carbons (Fsp3) is 0.200. The highest BCUT2D eigenvalue weighted by Crippen LogP contribution is 2.24. The number of benzene rings is 1. The molecule has 0 aliphatic carbocycles. The van der Waals surface area contributed by atoms with Crippen LogP contribution in [0.1, 0.15) is 27.4 Å². The van der Waals surface area contributed by atoms with Crippen molar-refractivity contribution < 1.29 is 23.8 Å². The number of carboxylic acids is 1. The Kier molecular flexibility index (Phi) is 4.14. The van der Waals surface area contributed by atoms with Crippen LogP contribution in [0.3, 0.4) is 0 Å². The highest BCUT2D eigenvalue weighted by molar-refractivity contribution is 5.84. The molecule has 2 rings (SSSR count). The summed E-state index contributed by atoms with van der Waals surface area (Å²) in [6.45, 7) is 1.80. The van der Waals surface area contributed by atoms with Crippen molar-refractivity contribution in [3.63, 3.8) is 0 Å². The monoisotopic (exact) mass is 287 g/mol. The fourth-order valence-corrected chi connectivity index (χ4v) is 1.77. The minimum atomic E-state index is -1.13. The van der Waals surface area contributed by atoms with E-state index in [2.05, 4.69) is 0 Å². The topological polar surface area (TPSA) is 92.7 Å². The standard InChI is InChI=1S/C15H13NO5/c1-9-11(5-14(21-9)15(17)18)8-20-13-4-10(7-16)3-12(6-13)19-2/h3-6H,8H2,1-2H3,(H,17,18). The van der Waals surface area contributed by atoms with Crippen LogP contribution in [0.15, 0.2) is 28.7 Å². The summed E-state index contributed by atoms with van der Waals surface area (Å²) in [6, 6.07) is 8.26. The van der Waals surface area contributed by atoms with Crippen LogP contribution in [-0.4, -0.2) is 18.2 Å². The second-order valence-electron chi connectivity index (χ2n) is 4.29. The number of hydrogen-bond donors (Lipinski definition) is 1. The number of rotatable bonds is 5. The first kappa shape index (κ1) is 14.5. The molecule has 0 unspecified atom stereocenters. The zero-order chi connectivity index (χ0) is 15.4. The average Bonchev–Trinajstić information content (AvgIpc) is 2.86. The predicted octanol–water partition coefficient (Wildman–Crippen LogP) is 2.75. The Bertz CT molecular complexity index is 711. The summed E-state index contributed by atoms with van der Waals surface area (Å²) in [5.41, 5.74) is 1.05. The second-order valence-corrected chi connectivity index (χ2v) is 4.29. The van der Waals surface area contributed by atoms with Gasteiger partial charge >= 0.3 is 5.97 Å². The predicted molar refractivity (Wildman–Crippen MR) is 72.4 cm³/mol. The molecule has 1 aromatic carbocycles. The Morgan fingerprint density at radius 3 is 2.62 bits per heavy atom. The molecule has 0 atom stereocenters. The van der Waals surface area contributed by atoms with E-state index >= 15 is 0 Å². The van der Waals surface area contributed by atoms with Crippen LogP contribution in [0.2, 0.25) is 0 Å². The van der Waals surface area contributed by atoms with Gasteiger partial charge in [-0.1, -0.05) is 0 Å². The minimum absolute atomic E-state index is 0.130. The number of nitrogens with zero attached hydrogens (tertiary/aromatic N) is 1. The van der Waals surface area contributed by atoms with E-state index in [1.165, 1.54) is 13.2 Å². The van der Waals surface area contributed by atoms with Gasteiger partial charge in [-0.2, -0.15) is 5.26 Å². The molecule has 0 spiro atoms. The first-order valence-electron chi connectivity index (χ1n) is 6.08. The van der Waals surface area contributed by atoms with E-state index in [9.17, 15) is 4.79 Å². The zero-order valence-corrected chi connectivity index (χ0v) is 11.5. The Balaban J connectivity index is 2.16. The number of nitriles is 1. The Morgan fingerprint density at radius 2 is 2.05 bits per heavy atom. The van der Waals surface area contributed by atoms with Crippen molar-refractivity contribution >= 4 is 5.97 Å². The number of methoxy groups -OCH3 is 1. The van der Waals surface area contributed by atoms with E-state index < -0.39 is 5.97 Å². The van der Waals surface area contributed by atoms with Crippen molar-refractivity contribution in [2.24, 2.45) is 0 Å². The Labute approximate surface area is 121 Å². The summed E-state index contributed by atoms with van der Waals surface area (Å²) in [7, 11) is 1.50. The number of furan rings is 1. The van der Waals surface area contributed by atoms with Gasteiger partial charge in [0.2, 0.25) is 5.76 Å². The lowest BCUT2D eigenvalue weighted by Gasteiger charge is -2.08. The van der Waals surface area contributed by atoms with Gasteiger partial charge in [0.15, 0.2) is 0 Å². The van der Waals surface area contributed by atoms with E-state index in [-0.39, 0.29) is 12.4 Å². The van der Waals surface area contributed by atoms with Gasteiger partial charge in [-0.05, 0) is 25.1 Å². The van der Waals surface area contributed by atoms with Gasteiger partial charge in [-0.25, -0.2) is 4.79 Å². The lowest BCUT2D eigenvalue weighted by atomic mass is 10.2. The summed E-state index contributed by atoms with van der Waals surface area (Å²) >= 11 is 0. The van der Waals surface area contributed by atoms with Crippen molar-refractivity contribution in [1.29, 1.82) is 5.26 Å². The number of aryl methyl sites for hydroxylation is 1. The molecule has 0 fully saturated rings. The molecule has 0 amide bonds. The first-order valence-corrected chi connectivity index (χ1v) is 6.08. The molecule has 6 heteroatoms. The van der Waals surface area contributed by atoms with Crippen molar-refractivity contribution in [3.05, 3.63) is 46.9 Å². The number of aromatic carboxylic acids is 1. The Hall–Kier alpha value is -2.94. The molecule has 0 bridgehead atoms. The fourth-order valence-electron chi connectivity index (χ4n) is 1.77. The number of ether oxygens (including phenoxy) is 2. The highest BCUT2D eigenvalue weighted by atomic mass is 16.5. The molecular weight excluding hydrogens is 274 g/mol. The lowest BCUT2D eigenvalue weighted by molar-refractivity contribution is 0.0661. The van der Waals surface area contributed by atoms with Gasteiger partial charge in [0.25, 0.3) is 0 Å². The molecule has 0 saturated carbocycles. The number of hydrogen-bond acceptors (Lipinski definition) is 5. The maximum Gasteiger partial charge on any atom is 0.371 e. The van der Waals surface area contributed by atoms with Gasteiger partial charge < -0.3 is 19.0 Å². The second kappa shape index (κ2) is 6.01. The summed E-state index contributed by atoms with van der Waals surface area (Å²) in [6.07, 6.45) is 0. The molecule has 108 valence electrons.